The fourth-order valence-corrected chi connectivity index (χ4v) is 3.16. The smallest absolute Gasteiger partial charge is 0.256 e. The van der Waals surface area contributed by atoms with Crippen molar-refractivity contribution >= 4 is 27.5 Å². The molecule has 0 bridgehead atoms. The Balaban J connectivity index is 2.42. The van der Waals surface area contributed by atoms with Crippen LogP contribution in [0.25, 0.3) is 0 Å². The summed E-state index contributed by atoms with van der Waals surface area (Å²) in [6.45, 7) is 0.961. The summed E-state index contributed by atoms with van der Waals surface area (Å²) in [6.07, 6.45) is 0.782. The molecule has 4 nitrogen and oxygen atoms in total. The molecule has 1 aromatic carbocycles. The largest absolute Gasteiger partial charge is 0.301 e. The fourth-order valence-electron chi connectivity index (χ4n) is 1.53. The second kappa shape index (κ2) is 4.00. The van der Waals surface area contributed by atoms with Gasteiger partial charge in [-0.3, -0.25) is 4.31 Å². The Morgan fingerprint density at radius 2 is 2.07 bits per heavy atom. The SMILES string of the molecule is O=S1(=O)NCCCN1c1ccccc1Cl. The molecule has 6 heteroatoms. The summed E-state index contributed by atoms with van der Waals surface area (Å²) in [7, 11) is -3.40. The summed E-state index contributed by atoms with van der Waals surface area (Å²) < 4.78 is 27.2. The highest BCUT2D eigenvalue weighted by Gasteiger charge is 2.26. The topological polar surface area (TPSA) is 49.4 Å². The van der Waals surface area contributed by atoms with Gasteiger partial charge in [0.1, 0.15) is 0 Å². The Kier molecular flexibility index (Phi) is 2.86. The highest BCUT2D eigenvalue weighted by molar-refractivity contribution is 7.91. The molecule has 0 spiro atoms. The predicted molar refractivity (Wildman–Crippen MR) is 60.3 cm³/mol. The van der Waals surface area contributed by atoms with Crippen LogP contribution in [0, 0.1) is 0 Å². The van der Waals surface area contributed by atoms with E-state index in [-0.39, 0.29) is 0 Å². The van der Waals surface area contributed by atoms with Crippen LogP contribution in [-0.4, -0.2) is 21.5 Å². The zero-order valence-electron chi connectivity index (χ0n) is 7.98. The van der Waals surface area contributed by atoms with Gasteiger partial charge in [0.15, 0.2) is 0 Å². The molecule has 0 unspecified atom stereocenters. The molecule has 1 N–H and O–H groups in total. The second-order valence-corrected chi connectivity index (χ2v) is 5.36. The monoisotopic (exact) mass is 246 g/mol. The van der Waals surface area contributed by atoms with E-state index in [4.69, 9.17) is 11.6 Å². The third-order valence-corrected chi connectivity index (χ3v) is 4.08. The molecule has 1 aliphatic rings. The molecule has 1 heterocycles. The Morgan fingerprint density at radius 1 is 1.33 bits per heavy atom. The van der Waals surface area contributed by atoms with Gasteiger partial charge in [-0.25, -0.2) is 0 Å². The number of hydrogen-bond acceptors (Lipinski definition) is 2. The maximum absolute atomic E-state index is 11.7. The Morgan fingerprint density at radius 3 is 2.73 bits per heavy atom. The van der Waals surface area contributed by atoms with Crippen molar-refractivity contribution in [3.63, 3.8) is 0 Å². The molecule has 15 heavy (non-hydrogen) atoms. The average Bonchev–Trinajstić information content (AvgIpc) is 2.19. The summed E-state index contributed by atoms with van der Waals surface area (Å²) >= 11 is 5.95. The number of anilines is 1. The third-order valence-electron chi connectivity index (χ3n) is 2.23. The first-order chi connectivity index (χ1) is 7.11. The van der Waals surface area contributed by atoms with E-state index >= 15 is 0 Å². The molecule has 0 radical (unpaired) electrons. The van der Waals surface area contributed by atoms with Gasteiger partial charge in [0.25, 0.3) is 0 Å². The van der Waals surface area contributed by atoms with Gasteiger partial charge in [-0.05, 0) is 18.6 Å². The van der Waals surface area contributed by atoms with E-state index in [2.05, 4.69) is 4.72 Å². The number of nitrogens with one attached hydrogen (secondary N) is 1. The first-order valence-electron chi connectivity index (χ1n) is 4.63. The zero-order valence-corrected chi connectivity index (χ0v) is 9.55. The Hall–Kier alpha value is -0.780. The van der Waals surface area contributed by atoms with E-state index in [0.29, 0.717) is 23.8 Å². The van der Waals surface area contributed by atoms with Gasteiger partial charge in [0.05, 0.1) is 10.7 Å². The van der Waals surface area contributed by atoms with Crippen molar-refractivity contribution in [1.82, 2.24) is 4.72 Å². The number of hydrogen-bond donors (Lipinski definition) is 1. The normalized spacial score (nSPS) is 20.2. The molecular formula is C9H11ClN2O2S. The van der Waals surface area contributed by atoms with Crippen molar-refractivity contribution < 1.29 is 8.42 Å². The summed E-state index contributed by atoms with van der Waals surface area (Å²) in [6, 6.07) is 6.93. The van der Waals surface area contributed by atoms with Gasteiger partial charge < -0.3 is 0 Å². The molecule has 0 aliphatic carbocycles. The van der Waals surface area contributed by atoms with Crippen LogP contribution in [-0.2, 0) is 10.2 Å². The van der Waals surface area contributed by atoms with Crippen LogP contribution in [0.1, 0.15) is 6.42 Å². The highest BCUT2D eigenvalue weighted by Crippen LogP contribution is 2.28. The lowest BCUT2D eigenvalue weighted by Gasteiger charge is -2.29. The number of halogens is 1. The summed E-state index contributed by atoms with van der Waals surface area (Å²) in [5, 5.41) is 0.449. The third kappa shape index (κ3) is 2.09. The second-order valence-electron chi connectivity index (χ2n) is 3.28. The molecule has 0 aromatic heterocycles. The van der Waals surface area contributed by atoms with E-state index in [1.807, 2.05) is 0 Å². The molecule has 1 aliphatic heterocycles. The van der Waals surface area contributed by atoms with Crippen LogP contribution in [0.5, 0.6) is 0 Å². The van der Waals surface area contributed by atoms with E-state index < -0.39 is 10.2 Å². The van der Waals surface area contributed by atoms with Crippen molar-refractivity contribution in [1.29, 1.82) is 0 Å². The molecule has 0 atom stereocenters. The fraction of sp³-hybridized carbons (Fsp3) is 0.333. The number of para-hydroxylation sites is 1. The number of nitrogens with zero attached hydrogens (tertiary/aromatic N) is 1. The van der Waals surface area contributed by atoms with E-state index in [1.54, 1.807) is 24.3 Å². The van der Waals surface area contributed by atoms with Crippen molar-refractivity contribution in [2.45, 2.75) is 6.42 Å². The quantitative estimate of drug-likeness (QED) is 0.814. The first kappa shape index (κ1) is 10.7. The minimum absolute atomic E-state index is 0.449. The lowest BCUT2D eigenvalue weighted by molar-refractivity contribution is 0.560. The number of benzene rings is 1. The van der Waals surface area contributed by atoms with Gasteiger partial charge in [-0.2, -0.15) is 13.1 Å². The molecule has 0 saturated carbocycles. The summed E-state index contributed by atoms with van der Waals surface area (Å²) in [5.74, 6) is 0. The van der Waals surface area contributed by atoms with Crippen LogP contribution in [0.4, 0.5) is 5.69 Å². The minimum Gasteiger partial charge on any atom is -0.256 e. The van der Waals surface area contributed by atoms with Crippen LogP contribution >= 0.6 is 11.6 Å². The predicted octanol–water partition coefficient (Wildman–Crippen LogP) is 1.38. The van der Waals surface area contributed by atoms with Crippen molar-refractivity contribution in [3.05, 3.63) is 29.3 Å². The molecule has 2 rings (SSSR count). The summed E-state index contributed by atoms with van der Waals surface area (Å²) in [5.41, 5.74) is 0.534. The van der Waals surface area contributed by atoms with E-state index in [1.165, 1.54) is 4.31 Å². The van der Waals surface area contributed by atoms with Crippen molar-refractivity contribution in [2.75, 3.05) is 17.4 Å². The Bertz CT molecular complexity index is 461. The van der Waals surface area contributed by atoms with Crippen molar-refractivity contribution in [2.24, 2.45) is 0 Å². The Labute approximate surface area is 94.0 Å². The van der Waals surface area contributed by atoms with Gasteiger partial charge in [0, 0.05) is 13.1 Å². The lowest BCUT2D eigenvalue weighted by atomic mass is 10.3. The van der Waals surface area contributed by atoms with Gasteiger partial charge in [-0.15, -0.1) is 0 Å². The van der Waals surface area contributed by atoms with Crippen LogP contribution in [0.2, 0.25) is 5.02 Å². The lowest BCUT2D eigenvalue weighted by Crippen LogP contribution is -2.47. The molecular weight excluding hydrogens is 236 g/mol. The molecule has 1 saturated heterocycles. The highest BCUT2D eigenvalue weighted by atomic mass is 35.5. The molecule has 1 aromatic rings. The van der Waals surface area contributed by atoms with Crippen molar-refractivity contribution in [3.8, 4) is 0 Å². The summed E-state index contributed by atoms with van der Waals surface area (Å²) in [4.78, 5) is 0. The standard InChI is InChI=1S/C9H11ClN2O2S/c10-8-4-1-2-5-9(8)12-7-3-6-11-15(12,13)14/h1-2,4-5,11H,3,6-7H2. The van der Waals surface area contributed by atoms with Crippen LogP contribution < -0.4 is 9.03 Å². The van der Waals surface area contributed by atoms with E-state index in [0.717, 1.165) is 6.42 Å². The molecule has 0 amide bonds. The zero-order chi connectivity index (χ0) is 10.9. The molecule has 82 valence electrons. The number of rotatable bonds is 1. The first-order valence-corrected chi connectivity index (χ1v) is 6.45. The van der Waals surface area contributed by atoms with Gasteiger partial charge in [0.2, 0.25) is 0 Å². The van der Waals surface area contributed by atoms with Crippen LogP contribution in [0.15, 0.2) is 24.3 Å². The van der Waals surface area contributed by atoms with Gasteiger partial charge >= 0.3 is 10.2 Å². The average molecular weight is 247 g/mol. The van der Waals surface area contributed by atoms with Crippen LogP contribution in [0.3, 0.4) is 0 Å². The van der Waals surface area contributed by atoms with E-state index in [9.17, 15) is 8.42 Å². The van der Waals surface area contributed by atoms with Gasteiger partial charge in [-0.1, -0.05) is 23.7 Å². The molecule has 1 fully saturated rings. The minimum atomic E-state index is -3.40. The maximum atomic E-state index is 11.7. The maximum Gasteiger partial charge on any atom is 0.301 e.